The summed E-state index contributed by atoms with van der Waals surface area (Å²) in [5.74, 6) is -10.3. The average molecular weight is 686 g/mol. The number of halogens is 4. The Morgan fingerprint density at radius 2 is 1.23 bits per heavy atom. The van der Waals surface area contributed by atoms with E-state index in [-0.39, 0.29) is 32.5 Å². The lowest BCUT2D eigenvalue weighted by Crippen LogP contribution is -2.42. The summed E-state index contributed by atoms with van der Waals surface area (Å²) in [6.45, 7) is -0.532. The summed E-state index contributed by atoms with van der Waals surface area (Å²) >= 11 is 0. The van der Waals surface area contributed by atoms with E-state index in [1.807, 2.05) is 0 Å². The van der Waals surface area contributed by atoms with Gasteiger partial charge in [0.15, 0.2) is 23.3 Å². The van der Waals surface area contributed by atoms with Crippen molar-refractivity contribution >= 4 is 48.9 Å². The third-order valence-corrected chi connectivity index (χ3v) is 7.21. The number of rotatable bonds is 20. The number of aliphatic carboxylic acids is 1. The third kappa shape index (κ3) is 11.6. The Bertz CT molecular complexity index is 1440. The minimum atomic E-state index is -2.34. The maximum atomic E-state index is 14.7. The fourth-order valence-electron chi connectivity index (χ4n) is 4.54. The van der Waals surface area contributed by atoms with E-state index in [0.717, 1.165) is 29.2 Å². The van der Waals surface area contributed by atoms with E-state index < -0.39 is 95.8 Å². The van der Waals surface area contributed by atoms with Crippen molar-refractivity contribution in [3.05, 3.63) is 58.7 Å². The molecule has 0 bridgehead atoms. The Morgan fingerprint density at radius 1 is 0.708 bits per heavy atom. The Labute approximate surface area is 273 Å². The first-order valence-electron chi connectivity index (χ1n) is 14.9. The molecule has 9 N–H and O–H groups in total. The fraction of sp³-hybridized carbons (Fsp3) is 0.429. The molecule has 2 rings (SSSR count). The molecule has 0 aliphatic rings. The first-order chi connectivity index (χ1) is 22.7. The Hall–Kier alpha value is -4.07. The monoisotopic (exact) mass is 686 g/mol. The minimum Gasteiger partial charge on any atom is -0.480 e. The number of benzene rings is 2. The van der Waals surface area contributed by atoms with Gasteiger partial charge in [0.05, 0.1) is 17.7 Å². The second-order valence-electron chi connectivity index (χ2n) is 10.7. The van der Waals surface area contributed by atoms with Crippen molar-refractivity contribution in [2.45, 2.75) is 51.0 Å². The van der Waals surface area contributed by atoms with Crippen LogP contribution in [0.25, 0.3) is 0 Å². The van der Waals surface area contributed by atoms with Gasteiger partial charge >= 0.3 is 20.2 Å². The lowest BCUT2D eigenvalue weighted by molar-refractivity contribution is -0.142. The highest BCUT2D eigenvalue weighted by molar-refractivity contribution is 6.59. The Kier molecular flexibility index (Phi) is 16.4. The molecular weight excluding hydrogens is 650 g/mol. The van der Waals surface area contributed by atoms with Crippen molar-refractivity contribution in [2.75, 3.05) is 26.2 Å². The first kappa shape index (κ1) is 40.1. The summed E-state index contributed by atoms with van der Waals surface area (Å²) in [6, 6.07) is 2.25. The highest BCUT2D eigenvalue weighted by Gasteiger charge is 2.28. The van der Waals surface area contributed by atoms with Gasteiger partial charge in [-0.05, 0) is 44.2 Å². The molecule has 0 heterocycles. The Morgan fingerprint density at radius 3 is 1.79 bits per heavy atom. The standard InChI is InChI=1S/C28H36B2F4N4O10/c31-22-16(8-10-18(24(22)33)29(44)45)26(40)36-13-4-1-2-6-14-38(15-21(39)35-12-5-3-7-20(37-48)28(42)43)27(41)17-9-11-19(30(46)47)25(34)23(17)32/h8-11,20,37,44-48H,1-7,12-15H2,(H,35,39)(H,36,40)(H,42,43)/t20-/m0/s1. The zero-order valence-corrected chi connectivity index (χ0v) is 25.6. The van der Waals surface area contributed by atoms with Gasteiger partial charge in [-0.25, -0.2) is 17.6 Å². The van der Waals surface area contributed by atoms with Crippen LogP contribution in [-0.2, 0) is 9.59 Å². The van der Waals surface area contributed by atoms with E-state index in [2.05, 4.69) is 10.6 Å². The number of carboxylic acid groups (broad SMARTS) is 1. The molecule has 0 radical (unpaired) electrons. The van der Waals surface area contributed by atoms with Crippen molar-refractivity contribution in [1.29, 1.82) is 0 Å². The number of hydrogen-bond donors (Lipinski definition) is 9. The molecule has 0 saturated heterocycles. The van der Waals surface area contributed by atoms with Crippen molar-refractivity contribution in [3.63, 3.8) is 0 Å². The predicted molar refractivity (Wildman–Crippen MR) is 162 cm³/mol. The zero-order valence-electron chi connectivity index (χ0n) is 25.6. The van der Waals surface area contributed by atoms with Crippen LogP contribution in [0.1, 0.15) is 65.7 Å². The topological polar surface area (TPSA) is 229 Å². The van der Waals surface area contributed by atoms with Crippen LogP contribution >= 0.6 is 0 Å². The summed E-state index contributed by atoms with van der Waals surface area (Å²) in [6.07, 6.45) is 2.20. The molecule has 0 spiro atoms. The summed E-state index contributed by atoms with van der Waals surface area (Å²) in [5, 5.41) is 59.2. The molecule has 2 aromatic rings. The summed E-state index contributed by atoms with van der Waals surface area (Å²) in [5.41, 5.74) is -1.27. The van der Waals surface area contributed by atoms with Crippen LogP contribution in [0.4, 0.5) is 17.6 Å². The number of hydroxylamine groups is 1. The maximum absolute atomic E-state index is 14.7. The van der Waals surface area contributed by atoms with Crippen LogP contribution in [0.3, 0.4) is 0 Å². The molecule has 0 fully saturated rings. The van der Waals surface area contributed by atoms with Crippen LogP contribution in [-0.4, -0.2) is 105 Å². The number of unbranched alkanes of at least 4 members (excludes halogenated alkanes) is 4. The predicted octanol–water partition coefficient (Wildman–Crippen LogP) is -1.25. The van der Waals surface area contributed by atoms with E-state index in [0.29, 0.717) is 32.1 Å². The van der Waals surface area contributed by atoms with Gasteiger partial charge in [0.25, 0.3) is 11.8 Å². The fourth-order valence-corrected chi connectivity index (χ4v) is 4.54. The molecule has 0 unspecified atom stereocenters. The zero-order chi connectivity index (χ0) is 36.0. The van der Waals surface area contributed by atoms with Gasteiger partial charge in [-0.3, -0.25) is 19.2 Å². The summed E-state index contributed by atoms with van der Waals surface area (Å²) in [4.78, 5) is 49.9. The molecule has 262 valence electrons. The van der Waals surface area contributed by atoms with Crippen LogP contribution in [0.15, 0.2) is 24.3 Å². The van der Waals surface area contributed by atoms with Crippen molar-refractivity contribution in [1.82, 2.24) is 21.0 Å². The van der Waals surface area contributed by atoms with Crippen LogP contribution in [0.5, 0.6) is 0 Å². The van der Waals surface area contributed by atoms with Crippen molar-refractivity contribution < 1.29 is 67.1 Å². The number of nitrogens with zero attached hydrogens (tertiary/aromatic N) is 1. The largest absolute Gasteiger partial charge is 0.491 e. The molecule has 1 atom stereocenters. The van der Waals surface area contributed by atoms with E-state index in [9.17, 15) is 46.8 Å². The molecule has 3 amide bonds. The molecule has 0 aromatic heterocycles. The van der Waals surface area contributed by atoms with Crippen LogP contribution in [0.2, 0.25) is 0 Å². The van der Waals surface area contributed by atoms with Crippen LogP contribution in [0, 0.1) is 23.3 Å². The normalized spacial score (nSPS) is 11.5. The second-order valence-corrected chi connectivity index (χ2v) is 10.7. The Balaban J connectivity index is 1.95. The quantitative estimate of drug-likeness (QED) is 0.0346. The number of amides is 3. The minimum absolute atomic E-state index is 0.0461. The average Bonchev–Trinajstić information content (AvgIpc) is 3.03. The van der Waals surface area contributed by atoms with Crippen molar-refractivity contribution in [2.24, 2.45) is 0 Å². The van der Waals surface area contributed by atoms with Crippen molar-refractivity contribution in [3.8, 4) is 0 Å². The molecular formula is C28H36B2F4N4O10. The SMILES string of the molecule is O=C(CN(CCCCCCNC(=O)c1ccc(B(O)O)c(F)c1F)C(=O)c1ccc(B(O)O)c(F)c1F)NCCCC[C@H](NO)C(=O)O. The van der Waals surface area contributed by atoms with Crippen LogP contribution < -0.4 is 27.0 Å². The van der Waals surface area contributed by atoms with Gasteiger partial charge in [0, 0.05) is 30.6 Å². The molecule has 0 saturated carbocycles. The molecule has 2 aromatic carbocycles. The number of nitrogens with one attached hydrogen (secondary N) is 3. The summed E-state index contributed by atoms with van der Waals surface area (Å²) in [7, 11) is -4.60. The summed E-state index contributed by atoms with van der Waals surface area (Å²) < 4.78 is 57.2. The van der Waals surface area contributed by atoms with E-state index >= 15 is 0 Å². The molecule has 20 heteroatoms. The van der Waals surface area contributed by atoms with Gasteiger partial charge in [-0.2, -0.15) is 5.48 Å². The molecule has 14 nitrogen and oxygen atoms in total. The second kappa shape index (κ2) is 19.7. The lowest BCUT2D eigenvalue weighted by Gasteiger charge is -2.23. The van der Waals surface area contributed by atoms with Gasteiger partial charge in [0.2, 0.25) is 5.91 Å². The number of carbonyl (C=O) groups excluding carboxylic acids is 3. The van der Waals surface area contributed by atoms with Gasteiger partial charge < -0.3 is 45.9 Å². The molecule has 48 heavy (non-hydrogen) atoms. The van der Waals surface area contributed by atoms with Gasteiger partial charge in [-0.15, -0.1) is 0 Å². The smallest absolute Gasteiger partial charge is 0.480 e. The van der Waals surface area contributed by atoms with E-state index in [1.165, 1.54) is 0 Å². The maximum Gasteiger partial charge on any atom is 0.491 e. The highest BCUT2D eigenvalue weighted by Crippen LogP contribution is 2.15. The third-order valence-electron chi connectivity index (χ3n) is 7.21. The number of carboxylic acids is 1. The highest BCUT2D eigenvalue weighted by atomic mass is 19.2. The van der Waals surface area contributed by atoms with Gasteiger partial charge in [0.1, 0.15) is 6.04 Å². The number of hydrogen-bond acceptors (Lipinski definition) is 10. The van der Waals surface area contributed by atoms with E-state index in [1.54, 1.807) is 5.48 Å². The molecule has 0 aliphatic heterocycles. The van der Waals surface area contributed by atoms with Gasteiger partial charge in [-0.1, -0.05) is 25.0 Å². The lowest BCUT2D eigenvalue weighted by atomic mass is 9.79. The first-order valence-corrected chi connectivity index (χ1v) is 14.9. The van der Waals surface area contributed by atoms with E-state index in [4.69, 9.17) is 20.4 Å². The number of carbonyl (C=O) groups is 4. The molecule has 0 aliphatic carbocycles.